The third-order valence-corrected chi connectivity index (χ3v) is 1.92. The van der Waals surface area contributed by atoms with Crippen molar-refractivity contribution in [3.05, 3.63) is 30.3 Å². The van der Waals surface area contributed by atoms with Crippen molar-refractivity contribution >= 4 is 5.97 Å². The van der Waals surface area contributed by atoms with Gasteiger partial charge in [-0.15, -0.1) is 0 Å². The van der Waals surface area contributed by atoms with Gasteiger partial charge in [0, 0.05) is 6.61 Å². The Morgan fingerprint density at radius 3 is 2.50 bits per heavy atom. The molecule has 0 aromatic heterocycles. The van der Waals surface area contributed by atoms with Crippen LogP contribution in [0.5, 0.6) is 5.75 Å². The first-order valence-electron chi connectivity index (χ1n) is 5.26. The van der Waals surface area contributed by atoms with Gasteiger partial charge < -0.3 is 14.6 Å². The predicted molar refractivity (Wildman–Crippen MR) is 59.6 cm³/mol. The van der Waals surface area contributed by atoms with Crippen LogP contribution in [0.3, 0.4) is 0 Å². The van der Waals surface area contributed by atoms with Crippen LogP contribution >= 0.6 is 0 Å². The molecule has 0 radical (unpaired) electrons. The van der Waals surface area contributed by atoms with E-state index in [2.05, 4.69) is 0 Å². The molecule has 16 heavy (non-hydrogen) atoms. The fraction of sp³-hybridized carbons (Fsp3) is 0.417. The fourth-order valence-electron chi connectivity index (χ4n) is 1.17. The number of aliphatic carboxylic acids is 1. The van der Waals surface area contributed by atoms with E-state index >= 15 is 0 Å². The van der Waals surface area contributed by atoms with Crippen LogP contribution < -0.4 is 4.74 Å². The summed E-state index contributed by atoms with van der Waals surface area (Å²) < 4.78 is 10.4. The minimum Gasteiger partial charge on any atom is -0.494 e. The van der Waals surface area contributed by atoms with Crippen molar-refractivity contribution in [2.45, 2.75) is 12.8 Å². The fourth-order valence-corrected chi connectivity index (χ4v) is 1.17. The zero-order valence-corrected chi connectivity index (χ0v) is 9.09. The van der Waals surface area contributed by atoms with Gasteiger partial charge in [0.25, 0.3) is 0 Å². The molecule has 4 nitrogen and oxygen atoms in total. The Morgan fingerprint density at radius 2 is 1.81 bits per heavy atom. The first-order valence-corrected chi connectivity index (χ1v) is 5.26. The van der Waals surface area contributed by atoms with Crippen LogP contribution in [0.4, 0.5) is 0 Å². The quantitative estimate of drug-likeness (QED) is 0.686. The number of benzene rings is 1. The second-order valence-electron chi connectivity index (χ2n) is 3.31. The molecule has 1 aromatic rings. The van der Waals surface area contributed by atoms with Crippen LogP contribution in [-0.2, 0) is 9.53 Å². The summed E-state index contributed by atoms with van der Waals surface area (Å²) in [5, 5.41) is 8.32. The average Bonchev–Trinajstić information content (AvgIpc) is 2.29. The third-order valence-electron chi connectivity index (χ3n) is 1.92. The van der Waals surface area contributed by atoms with E-state index in [4.69, 9.17) is 14.6 Å². The molecule has 1 rings (SSSR count). The van der Waals surface area contributed by atoms with Gasteiger partial charge in [0.15, 0.2) is 0 Å². The summed E-state index contributed by atoms with van der Waals surface area (Å²) in [6.07, 6.45) is 1.66. The average molecular weight is 224 g/mol. The Morgan fingerprint density at radius 1 is 1.12 bits per heavy atom. The summed E-state index contributed by atoms with van der Waals surface area (Å²) in [6.45, 7) is 0.866. The van der Waals surface area contributed by atoms with E-state index in [1.165, 1.54) is 0 Å². The molecule has 0 aliphatic rings. The summed E-state index contributed by atoms with van der Waals surface area (Å²) in [7, 11) is 0. The highest BCUT2D eigenvalue weighted by Crippen LogP contribution is 2.08. The van der Waals surface area contributed by atoms with Crippen LogP contribution in [0.15, 0.2) is 30.3 Å². The van der Waals surface area contributed by atoms with Crippen LogP contribution in [-0.4, -0.2) is 30.9 Å². The number of rotatable bonds is 8. The van der Waals surface area contributed by atoms with Crippen molar-refractivity contribution in [1.82, 2.24) is 0 Å². The van der Waals surface area contributed by atoms with Crippen LogP contribution in [0.1, 0.15) is 12.8 Å². The third kappa shape index (κ3) is 6.03. The minimum absolute atomic E-state index is 0.223. The molecule has 0 unspecified atom stereocenters. The number of ether oxygens (including phenoxy) is 2. The Hall–Kier alpha value is -1.55. The van der Waals surface area contributed by atoms with Crippen molar-refractivity contribution in [1.29, 1.82) is 0 Å². The molecule has 0 fully saturated rings. The number of carboxylic acids is 1. The van der Waals surface area contributed by atoms with Gasteiger partial charge in [0.05, 0.1) is 6.61 Å². The summed E-state index contributed by atoms with van der Waals surface area (Å²) in [6, 6.07) is 9.59. The molecule has 0 bridgehead atoms. The summed E-state index contributed by atoms with van der Waals surface area (Å²) in [4.78, 5) is 10.1. The maximum absolute atomic E-state index is 10.1. The van der Waals surface area contributed by atoms with Crippen molar-refractivity contribution in [2.24, 2.45) is 0 Å². The Labute approximate surface area is 94.8 Å². The summed E-state index contributed by atoms with van der Waals surface area (Å²) >= 11 is 0. The van der Waals surface area contributed by atoms with Gasteiger partial charge in [0.1, 0.15) is 12.4 Å². The molecule has 0 amide bonds. The van der Waals surface area contributed by atoms with E-state index in [-0.39, 0.29) is 6.61 Å². The standard InChI is InChI=1S/C12H16O4/c13-12(14)10-15-8-4-5-9-16-11-6-2-1-3-7-11/h1-3,6-7H,4-5,8-10H2,(H,13,14). The maximum Gasteiger partial charge on any atom is 0.329 e. The Kier molecular flexibility index (Phi) is 6.03. The van der Waals surface area contributed by atoms with Crippen LogP contribution in [0.2, 0.25) is 0 Å². The molecule has 0 spiro atoms. The van der Waals surface area contributed by atoms with E-state index in [0.29, 0.717) is 13.2 Å². The van der Waals surface area contributed by atoms with Gasteiger partial charge >= 0.3 is 5.97 Å². The van der Waals surface area contributed by atoms with E-state index in [1.54, 1.807) is 0 Å². The van der Waals surface area contributed by atoms with E-state index < -0.39 is 5.97 Å². The molecule has 4 heteroatoms. The molecule has 0 saturated heterocycles. The molecule has 88 valence electrons. The van der Waals surface area contributed by atoms with E-state index in [0.717, 1.165) is 18.6 Å². The monoisotopic (exact) mass is 224 g/mol. The lowest BCUT2D eigenvalue weighted by Gasteiger charge is -2.05. The van der Waals surface area contributed by atoms with Crippen molar-refractivity contribution in [3.63, 3.8) is 0 Å². The molecular weight excluding hydrogens is 208 g/mol. The lowest BCUT2D eigenvalue weighted by Crippen LogP contribution is -2.08. The number of carbonyl (C=O) groups is 1. The molecular formula is C12H16O4. The number of carboxylic acid groups (broad SMARTS) is 1. The van der Waals surface area contributed by atoms with Gasteiger partial charge in [-0.05, 0) is 25.0 Å². The largest absolute Gasteiger partial charge is 0.494 e. The van der Waals surface area contributed by atoms with Gasteiger partial charge in [-0.2, -0.15) is 0 Å². The Balaban J connectivity index is 1.94. The van der Waals surface area contributed by atoms with Crippen LogP contribution in [0.25, 0.3) is 0 Å². The molecule has 0 saturated carbocycles. The van der Waals surface area contributed by atoms with Gasteiger partial charge in [0.2, 0.25) is 0 Å². The van der Waals surface area contributed by atoms with Gasteiger partial charge in [-0.25, -0.2) is 4.79 Å². The number of para-hydroxylation sites is 1. The lowest BCUT2D eigenvalue weighted by molar-refractivity contribution is -0.142. The predicted octanol–water partition coefficient (Wildman–Crippen LogP) is 1.95. The van der Waals surface area contributed by atoms with Gasteiger partial charge in [-0.1, -0.05) is 18.2 Å². The van der Waals surface area contributed by atoms with Crippen LogP contribution in [0, 0.1) is 0 Å². The topological polar surface area (TPSA) is 55.8 Å². The maximum atomic E-state index is 10.1. The molecule has 1 N–H and O–H groups in total. The summed E-state index contributed by atoms with van der Waals surface area (Å²) in [5.41, 5.74) is 0. The zero-order valence-electron chi connectivity index (χ0n) is 9.09. The second kappa shape index (κ2) is 7.70. The first kappa shape index (κ1) is 12.5. The number of hydrogen-bond acceptors (Lipinski definition) is 3. The number of hydrogen-bond donors (Lipinski definition) is 1. The van der Waals surface area contributed by atoms with E-state index in [9.17, 15) is 4.79 Å². The highest BCUT2D eigenvalue weighted by molar-refractivity contribution is 5.67. The first-order chi connectivity index (χ1) is 7.79. The molecule has 0 heterocycles. The molecule has 0 atom stereocenters. The molecule has 0 aliphatic carbocycles. The van der Waals surface area contributed by atoms with Gasteiger partial charge in [-0.3, -0.25) is 0 Å². The highest BCUT2D eigenvalue weighted by Gasteiger charge is 1.96. The zero-order chi connectivity index (χ0) is 11.6. The number of unbranched alkanes of at least 4 members (excludes halogenated alkanes) is 1. The lowest BCUT2D eigenvalue weighted by atomic mass is 10.3. The van der Waals surface area contributed by atoms with Crippen molar-refractivity contribution in [3.8, 4) is 5.75 Å². The SMILES string of the molecule is O=C(O)COCCCCOc1ccccc1. The smallest absolute Gasteiger partial charge is 0.329 e. The molecule has 1 aromatic carbocycles. The normalized spacial score (nSPS) is 10.0. The Bertz CT molecular complexity index is 297. The minimum atomic E-state index is -0.930. The van der Waals surface area contributed by atoms with Crippen molar-refractivity contribution in [2.75, 3.05) is 19.8 Å². The second-order valence-corrected chi connectivity index (χ2v) is 3.31. The highest BCUT2D eigenvalue weighted by atomic mass is 16.5. The van der Waals surface area contributed by atoms with Crippen molar-refractivity contribution < 1.29 is 19.4 Å². The molecule has 0 aliphatic heterocycles. The summed E-state index contributed by atoms with van der Waals surface area (Å²) in [5.74, 6) is -0.0745. The van der Waals surface area contributed by atoms with E-state index in [1.807, 2.05) is 30.3 Å².